The van der Waals surface area contributed by atoms with E-state index in [1.165, 1.54) is 33.8 Å². The van der Waals surface area contributed by atoms with Gasteiger partial charge in [0.2, 0.25) is 41.7 Å². The summed E-state index contributed by atoms with van der Waals surface area (Å²) in [5, 5.41) is 40.7. The molecule has 9 rings (SSSR count). The van der Waals surface area contributed by atoms with E-state index >= 15 is 4.39 Å². The zero-order valence-corrected chi connectivity index (χ0v) is 61.9. The lowest BCUT2D eigenvalue weighted by molar-refractivity contribution is -0.172. The molecule has 5 aliphatic rings. The number of esters is 1. The van der Waals surface area contributed by atoms with Gasteiger partial charge in [0.25, 0.3) is 23.3 Å². The number of ether oxygens (including phenoxy) is 11. The second-order valence-corrected chi connectivity index (χ2v) is 26.7. The van der Waals surface area contributed by atoms with Crippen molar-refractivity contribution >= 4 is 70.0 Å². The van der Waals surface area contributed by atoms with Crippen LogP contribution in [0.5, 0.6) is 0 Å². The fourth-order valence-corrected chi connectivity index (χ4v) is 13.3. The molecule has 110 heavy (non-hydrogen) atoms. The molecule has 2 aliphatic carbocycles. The highest BCUT2D eigenvalue weighted by atomic mass is 19.1. The lowest BCUT2D eigenvalue weighted by atomic mass is 9.81. The predicted molar refractivity (Wildman–Crippen MR) is 386 cm³/mol. The first-order valence-electron chi connectivity index (χ1n) is 37.1. The molecular formula is C75H99FN10O24. The van der Waals surface area contributed by atoms with E-state index in [4.69, 9.17) is 57.1 Å². The van der Waals surface area contributed by atoms with Crippen molar-refractivity contribution in [3.05, 3.63) is 110 Å². The Morgan fingerprint density at radius 3 is 1.83 bits per heavy atom. The largest absolute Gasteiger partial charge is 0.458 e. The number of imide groups is 1. The number of carbonyl (C=O) groups excluding carboxylic acids is 10. The Morgan fingerprint density at radius 1 is 0.655 bits per heavy atom. The number of hydrogen-bond donors (Lipinski definition) is 9. The van der Waals surface area contributed by atoms with Crippen molar-refractivity contribution in [3.8, 4) is 11.4 Å². The number of rotatable bonds is 49. The minimum Gasteiger partial charge on any atom is -0.458 e. The van der Waals surface area contributed by atoms with Crippen LogP contribution in [0, 0.1) is 24.6 Å². The maximum Gasteiger partial charge on any atom is 0.343 e. The standard InChI is InChI=1S/C75H99FN10O24/c1-3-75(99)54-37-59-68-52(43-85(59)72(96)53(54)44-109-74(75)98)67-56(16-14-51-47(2)55(76)38-58(83-68)66(51)67)84-71(95)73(97)110-46-81-61(88)40-80-70(94)57(15-11-48-7-5-4-6-8-48)82-62(89)41-78-60(87)39-79-63(90)45-108-36-35-107-34-33-106-32-31-105-30-29-104-28-27-103-26-25-102-24-23-101-22-21-100-20-19-77-69(93)50-12-9-49(10-13-50)42-86-64(91)17-18-65(86)92/h4-8,17-18,37-38,49-50,56-57,73,97,99H,3,9-16,19-36,39-46H2,1-2H3,(H,77,93)(H,78,87)(H,79,90)(H,80,94)(H,81,88)(H,82,89)(H,84,95)/t49?,50?,56-,57-,73-,75-/m0/s1. The van der Waals surface area contributed by atoms with Crippen LogP contribution in [-0.4, -0.2) is 255 Å². The third-order valence-electron chi connectivity index (χ3n) is 19.3. The number of nitrogens with zero attached hydrogens (tertiary/aromatic N) is 3. The van der Waals surface area contributed by atoms with Crippen LogP contribution in [-0.2, 0) is 132 Å². The van der Waals surface area contributed by atoms with Crippen LogP contribution in [0.3, 0.4) is 0 Å². The Morgan fingerprint density at radius 2 is 1.22 bits per heavy atom. The molecule has 0 saturated heterocycles. The molecule has 2 aromatic carbocycles. The lowest BCUT2D eigenvalue weighted by Crippen LogP contribution is -2.51. The third-order valence-corrected chi connectivity index (χ3v) is 19.3. The van der Waals surface area contributed by atoms with E-state index in [0.717, 1.165) is 31.2 Å². The number of aliphatic hydroxyl groups excluding tert-OH is 1. The maximum atomic E-state index is 15.5. The number of aryl methyl sites for hydroxylation is 2. The Hall–Kier alpha value is -9.11. The molecule has 35 heteroatoms. The van der Waals surface area contributed by atoms with Crippen LogP contribution in [0.25, 0.3) is 22.3 Å². The quantitative estimate of drug-likeness (QED) is 0.0103. The van der Waals surface area contributed by atoms with Crippen molar-refractivity contribution in [2.24, 2.45) is 11.8 Å². The molecule has 1 saturated carbocycles. The summed E-state index contributed by atoms with van der Waals surface area (Å²) in [7, 11) is 0. The minimum absolute atomic E-state index is 0.00391. The monoisotopic (exact) mass is 1540 g/mol. The summed E-state index contributed by atoms with van der Waals surface area (Å²) >= 11 is 0. The summed E-state index contributed by atoms with van der Waals surface area (Å²) in [4.78, 5) is 147. The van der Waals surface area contributed by atoms with Crippen molar-refractivity contribution in [3.63, 3.8) is 0 Å². The maximum absolute atomic E-state index is 15.5. The minimum atomic E-state index is -2.12. The molecule has 600 valence electrons. The van der Waals surface area contributed by atoms with Crippen LogP contribution < -0.4 is 42.8 Å². The van der Waals surface area contributed by atoms with Crippen LogP contribution in [0.2, 0.25) is 0 Å². The molecule has 2 aromatic heterocycles. The molecule has 5 heterocycles. The lowest BCUT2D eigenvalue weighted by Gasteiger charge is -2.31. The number of aliphatic hydroxyl groups is 2. The van der Waals surface area contributed by atoms with Gasteiger partial charge < -0.3 is 104 Å². The molecule has 9 amide bonds. The van der Waals surface area contributed by atoms with Gasteiger partial charge in [-0.3, -0.25) is 52.8 Å². The van der Waals surface area contributed by atoms with Crippen molar-refractivity contribution in [1.29, 1.82) is 0 Å². The van der Waals surface area contributed by atoms with E-state index in [2.05, 4.69) is 37.2 Å². The SMILES string of the molecule is CC[C@@]1(O)C(=O)OCc2c1cc1n(c2=O)Cc2c-1nc1cc(F)c(C)c3c1c2[C@@H](NC(=O)[C@@H](O)OCNC(=O)CNC(=O)[C@H](CCc1ccccc1)NC(=O)CNC(=O)CNC(=O)COCCOCCOCCOCCOCCOCCOCCOCCOCCNC(=O)C1CCC(CN2C(=O)C=CC2=O)CC1)CC3. The van der Waals surface area contributed by atoms with Crippen molar-refractivity contribution in [2.45, 2.75) is 109 Å². The molecule has 4 aromatic rings. The average Bonchev–Trinajstić information content (AvgIpc) is 1.52. The van der Waals surface area contributed by atoms with Gasteiger partial charge in [-0.05, 0) is 98.9 Å². The number of benzene rings is 2. The molecule has 4 atom stereocenters. The van der Waals surface area contributed by atoms with Gasteiger partial charge in [0.1, 0.15) is 31.8 Å². The van der Waals surface area contributed by atoms with Gasteiger partial charge in [0.05, 0.1) is 167 Å². The summed E-state index contributed by atoms with van der Waals surface area (Å²) in [6.45, 7) is 6.82. The van der Waals surface area contributed by atoms with E-state index < -0.39 is 103 Å². The summed E-state index contributed by atoms with van der Waals surface area (Å²) in [5.74, 6) is -6.39. The molecule has 0 radical (unpaired) electrons. The van der Waals surface area contributed by atoms with E-state index in [1.54, 1.807) is 26.0 Å². The Labute approximate surface area is 634 Å². The molecular weight excluding hydrogens is 1440 g/mol. The van der Waals surface area contributed by atoms with Gasteiger partial charge in [0.15, 0.2) is 5.60 Å². The van der Waals surface area contributed by atoms with Gasteiger partial charge in [-0.2, -0.15) is 0 Å². The van der Waals surface area contributed by atoms with Gasteiger partial charge in [-0.15, -0.1) is 0 Å². The normalized spacial score (nSPS) is 18.1. The van der Waals surface area contributed by atoms with Crippen LogP contribution >= 0.6 is 0 Å². The van der Waals surface area contributed by atoms with Gasteiger partial charge in [-0.1, -0.05) is 37.3 Å². The number of cyclic esters (lactones) is 1. The number of pyridine rings is 2. The summed E-state index contributed by atoms with van der Waals surface area (Å²) in [6, 6.07) is 9.87. The third kappa shape index (κ3) is 24.4. The second-order valence-electron chi connectivity index (χ2n) is 26.7. The number of carbonyl (C=O) groups is 10. The summed E-state index contributed by atoms with van der Waals surface area (Å²) in [6.07, 6.45) is 4.40. The molecule has 9 N–H and O–H groups in total. The zero-order chi connectivity index (χ0) is 78.4. The highest BCUT2D eigenvalue weighted by molar-refractivity contribution is 6.13. The molecule has 34 nitrogen and oxygen atoms in total. The van der Waals surface area contributed by atoms with Gasteiger partial charge >= 0.3 is 5.97 Å². The number of nitrogens with one attached hydrogen (secondary N) is 7. The second kappa shape index (κ2) is 43.5. The Balaban J connectivity index is 0.548. The molecule has 3 aliphatic heterocycles. The molecule has 0 spiro atoms. The number of amides is 9. The number of halogens is 1. The molecule has 0 bridgehead atoms. The Bertz CT molecular complexity index is 3930. The van der Waals surface area contributed by atoms with Gasteiger partial charge in [0, 0.05) is 53.7 Å². The highest BCUT2D eigenvalue weighted by Gasteiger charge is 2.46. The van der Waals surface area contributed by atoms with Crippen LogP contribution in [0.15, 0.2) is 59.4 Å². The zero-order valence-electron chi connectivity index (χ0n) is 61.9. The number of hydrogen-bond acceptors (Lipinski definition) is 25. The Kier molecular flexibility index (Phi) is 33.6. The fourth-order valence-electron chi connectivity index (χ4n) is 13.3. The summed E-state index contributed by atoms with van der Waals surface area (Å²) in [5.41, 5.74) is 1.31. The molecule has 1 fully saturated rings. The van der Waals surface area contributed by atoms with Crippen molar-refractivity contribution in [1.82, 2.24) is 51.7 Å². The van der Waals surface area contributed by atoms with Crippen molar-refractivity contribution < 1.29 is 115 Å². The predicted octanol–water partition coefficient (Wildman–Crippen LogP) is -0.497. The van der Waals surface area contributed by atoms with Crippen molar-refractivity contribution in [2.75, 3.05) is 158 Å². The van der Waals surface area contributed by atoms with Crippen LogP contribution in [0.1, 0.15) is 96.9 Å². The topological polar surface area (TPSA) is 435 Å². The first-order valence-corrected chi connectivity index (χ1v) is 37.1. The smallest absolute Gasteiger partial charge is 0.343 e. The fraction of sp³-hybridized carbons (Fsp3) is 0.573. The number of fused-ring (bicyclic) bond motifs is 5. The molecule has 0 unspecified atom stereocenters. The van der Waals surface area contributed by atoms with Gasteiger partial charge in [-0.25, -0.2) is 14.2 Å². The van der Waals surface area contributed by atoms with E-state index in [0.29, 0.717) is 146 Å². The highest BCUT2D eigenvalue weighted by Crippen LogP contribution is 2.46. The van der Waals surface area contributed by atoms with E-state index in [-0.39, 0.29) is 116 Å². The number of aromatic nitrogens is 2. The van der Waals surface area contributed by atoms with E-state index in [1.807, 2.05) is 18.2 Å². The average molecular weight is 1540 g/mol. The first kappa shape index (κ1) is 84.9. The summed E-state index contributed by atoms with van der Waals surface area (Å²) < 4.78 is 76.8. The first-order chi connectivity index (χ1) is 53.2. The van der Waals surface area contributed by atoms with E-state index in [9.17, 15) is 63.0 Å². The van der Waals surface area contributed by atoms with Crippen LogP contribution in [0.4, 0.5) is 4.39 Å².